The zero-order valence-corrected chi connectivity index (χ0v) is 9.73. The number of hydrogen-bond donors (Lipinski definition) is 3. The van der Waals surface area contributed by atoms with Crippen LogP contribution in [0.2, 0.25) is 0 Å². The van der Waals surface area contributed by atoms with Gasteiger partial charge in [-0.2, -0.15) is 0 Å². The van der Waals surface area contributed by atoms with E-state index in [4.69, 9.17) is 0 Å². The van der Waals surface area contributed by atoms with Gasteiger partial charge in [0.05, 0.1) is 0 Å². The molecular weight excluding hydrogens is 216 g/mol. The normalized spacial score (nSPS) is 10.5. The highest BCUT2D eigenvalue weighted by Crippen LogP contribution is 2.39. The molecule has 3 heteroatoms. The highest BCUT2D eigenvalue weighted by Gasteiger charge is 2.14. The summed E-state index contributed by atoms with van der Waals surface area (Å²) in [6.07, 6.45) is 0. The molecule has 2 aromatic rings. The lowest BCUT2D eigenvalue weighted by atomic mass is 9.96. The Kier molecular flexibility index (Phi) is 2.68. The van der Waals surface area contributed by atoms with Gasteiger partial charge in [-0.15, -0.1) is 0 Å². The van der Waals surface area contributed by atoms with Gasteiger partial charge in [-0.05, 0) is 43.2 Å². The number of benzene rings is 2. The topological polar surface area (TPSA) is 60.7 Å². The SMILES string of the molecule is Cc1cc(O)c(-c2cccc(O)c2)c(C)c1O. The van der Waals surface area contributed by atoms with Crippen molar-refractivity contribution in [2.75, 3.05) is 0 Å². The fraction of sp³-hybridized carbons (Fsp3) is 0.143. The van der Waals surface area contributed by atoms with Crippen LogP contribution in [-0.4, -0.2) is 15.3 Å². The Bertz CT molecular complexity index is 574. The quantitative estimate of drug-likeness (QED) is 0.660. The first-order valence-electron chi connectivity index (χ1n) is 5.32. The van der Waals surface area contributed by atoms with Crippen LogP contribution in [0, 0.1) is 13.8 Å². The van der Waals surface area contributed by atoms with Gasteiger partial charge in [-0.25, -0.2) is 0 Å². The molecule has 3 N–H and O–H groups in total. The summed E-state index contributed by atoms with van der Waals surface area (Å²) in [6, 6.07) is 8.10. The third-order valence-electron chi connectivity index (χ3n) is 2.85. The van der Waals surface area contributed by atoms with E-state index >= 15 is 0 Å². The van der Waals surface area contributed by atoms with Crippen LogP contribution in [0.3, 0.4) is 0 Å². The summed E-state index contributed by atoms with van der Waals surface area (Å²) in [6.45, 7) is 3.47. The predicted octanol–water partition coefficient (Wildman–Crippen LogP) is 3.09. The molecule has 0 amide bonds. The Hall–Kier alpha value is -2.16. The molecule has 0 heterocycles. The van der Waals surface area contributed by atoms with Crippen molar-refractivity contribution < 1.29 is 15.3 Å². The summed E-state index contributed by atoms with van der Waals surface area (Å²) in [7, 11) is 0. The second kappa shape index (κ2) is 4.01. The molecule has 0 aromatic heterocycles. The van der Waals surface area contributed by atoms with Crippen LogP contribution < -0.4 is 0 Å². The van der Waals surface area contributed by atoms with Gasteiger partial charge in [-0.3, -0.25) is 0 Å². The molecule has 0 radical (unpaired) electrons. The van der Waals surface area contributed by atoms with Crippen LogP contribution in [0.5, 0.6) is 17.2 Å². The van der Waals surface area contributed by atoms with Crippen molar-refractivity contribution in [3.63, 3.8) is 0 Å². The van der Waals surface area contributed by atoms with Gasteiger partial charge in [0.15, 0.2) is 0 Å². The van der Waals surface area contributed by atoms with Crippen molar-refractivity contribution in [2.45, 2.75) is 13.8 Å². The first-order chi connectivity index (χ1) is 8.00. The summed E-state index contributed by atoms with van der Waals surface area (Å²) in [5.74, 6) is 0.394. The molecule has 0 aliphatic rings. The van der Waals surface area contributed by atoms with E-state index in [0.29, 0.717) is 22.3 Å². The molecular formula is C14H14O3. The fourth-order valence-corrected chi connectivity index (χ4v) is 1.98. The third kappa shape index (κ3) is 1.91. The minimum atomic E-state index is 0.100. The second-order valence-electron chi connectivity index (χ2n) is 4.11. The molecule has 88 valence electrons. The van der Waals surface area contributed by atoms with Crippen molar-refractivity contribution in [2.24, 2.45) is 0 Å². The van der Waals surface area contributed by atoms with Gasteiger partial charge >= 0.3 is 0 Å². The maximum absolute atomic E-state index is 9.95. The van der Waals surface area contributed by atoms with E-state index in [1.54, 1.807) is 38.1 Å². The van der Waals surface area contributed by atoms with Crippen LogP contribution in [0.15, 0.2) is 30.3 Å². The Balaban J connectivity index is 2.72. The lowest BCUT2D eigenvalue weighted by Gasteiger charge is -2.12. The molecule has 2 rings (SSSR count). The van der Waals surface area contributed by atoms with Crippen LogP contribution >= 0.6 is 0 Å². The van der Waals surface area contributed by atoms with Crippen LogP contribution in [0.4, 0.5) is 0 Å². The summed E-state index contributed by atoms with van der Waals surface area (Å²) >= 11 is 0. The molecule has 2 aromatic carbocycles. The second-order valence-corrected chi connectivity index (χ2v) is 4.11. The van der Waals surface area contributed by atoms with E-state index in [-0.39, 0.29) is 17.2 Å². The molecule has 17 heavy (non-hydrogen) atoms. The van der Waals surface area contributed by atoms with Crippen LogP contribution in [0.25, 0.3) is 11.1 Å². The number of aryl methyl sites for hydroxylation is 1. The Morgan fingerprint density at radius 3 is 2.29 bits per heavy atom. The highest BCUT2D eigenvalue weighted by atomic mass is 16.3. The van der Waals surface area contributed by atoms with Gasteiger partial charge < -0.3 is 15.3 Å². The summed E-state index contributed by atoms with van der Waals surface area (Å²) < 4.78 is 0. The first kappa shape index (κ1) is 11.3. The molecule has 0 saturated heterocycles. The average molecular weight is 230 g/mol. The lowest BCUT2D eigenvalue weighted by molar-refractivity contribution is 0.454. The summed E-state index contributed by atoms with van der Waals surface area (Å²) in [5, 5.41) is 29.3. The Morgan fingerprint density at radius 1 is 0.941 bits per heavy atom. The van der Waals surface area contributed by atoms with Crippen molar-refractivity contribution in [1.82, 2.24) is 0 Å². The maximum atomic E-state index is 9.95. The minimum absolute atomic E-state index is 0.100. The van der Waals surface area contributed by atoms with Gasteiger partial charge in [0.25, 0.3) is 0 Å². The van der Waals surface area contributed by atoms with Gasteiger partial charge in [0.1, 0.15) is 17.2 Å². The highest BCUT2D eigenvalue weighted by molar-refractivity contribution is 5.77. The van der Waals surface area contributed by atoms with Crippen molar-refractivity contribution in [1.29, 1.82) is 0 Å². The molecule has 0 unspecified atom stereocenters. The zero-order valence-electron chi connectivity index (χ0n) is 9.73. The summed E-state index contributed by atoms with van der Waals surface area (Å²) in [4.78, 5) is 0. The summed E-state index contributed by atoms with van der Waals surface area (Å²) in [5.41, 5.74) is 2.45. The molecule has 0 spiro atoms. The fourth-order valence-electron chi connectivity index (χ4n) is 1.98. The van der Waals surface area contributed by atoms with E-state index < -0.39 is 0 Å². The molecule has 0 aliphatic carbocycles. The largest absolute Gasteiger partial charge is 0.508 e. The van der Waals surface area contributed by atoms with Gasteiger partial charge in [0.2, 0.25) is 0 Å². The lowest BCUT2D eigenvalue weighted by Crippen LogP contribution is -1.88. The monoisotopic (exact) mass is 230 g/mol. The molecule has 0 aliphatic heterocycles. The molecule has 0 atom stereocenters. The molecule has 3 nitrogen and oxygen atoms in total. The minimum Gasteiger partial charge on any atom is -0.508 e. The van der Waals surface area contributed by atoms with Crippen molar-refractivity contribution in [3.8, 4) is 28.4 Å². The van der Waals surface area contributed by atoms with Crippen molar-refractivity contribution >= 4 is 0 Å². The number of phenols is 3. The first-order valence-corrected chi connectivity index (χ1v) is 5.32. The van der Waals surface area contributed by atoms with Crippen LogP contribution in [0.1, 0.15) is 11.1 Å². The molecule has 0 bridgehead atoms. The maximum Gasteiger partial charge on any atom is 0.124 e. The van der Waals surface area contributed by atoms with Gasteiger partial charge in [-0.1, -0.05) is 12.1 Å². The zero-order chi connectivity index (χ0) is 12.6. The predicted molar refractivity (Wildman–Crippen MR) is 66.3 cm³/mol. The number of aromatic hydroxyl groups is 3. The number of phenolic OH excluding ortho intramolecular Hbond substituents is 3. The third-order valence-corrected chi connectivity index (χ3v) is 2.85. The van der Waals surface area contributed by atoms with E-state index in [0.717, 1.165) is 0 Å². The number of rotatable bonds is 1. The molecule has 0 saturated carbocycles. The number of hydrogen-bond acceptors (Lipinski definition) is 3. The van der Waals surface area contributed by atoms with E-state index in [1.165, 1.54) is 6.07 Å². The van der Waals surface area contributed by atoms with E-state index in [9.17, 15) is 15.3 Å². The van der Waals surface area contributed by atoms with Gasteiger partial charge in [0, 0.05) is 11.1 Å². The van der Waals surface area contributed by atoms with E-state index in [1.807, 2.05) is 0 Å². The smallest absolute Gasteiger partial charge is 0.124 e. The Morgan fingerprint density at radius 2 is 1.65 bits per heavy atom. The standard InChI is InChI=1S/C14H14O3/c1-8-6-12(16)13(9(2)14(8)17)10-4-3-5-11(15)7-10/h3-7,15-17H,1-2H3. The van der Waals surface area contributed by atoms with Crippen LogP contribution in [-0.2, 0) is 0 Å². The van der Waals surface area contributed by atoms with E-state index in [2.05, 4.69) is 0 Å². The average Bonchev–Trinajstić information content (AvgIpc) is 2.26. The Labute approximate surface area is 99.6 Å². The van der Waals surface area contributed by atoms with Crippen molar-refractivity contribution in [3.05, 3.63) is 41.5 Å². The molecule has 0 fully saturated rings.